The van der Waals surface area contributed by atoms with Gasteiger partial charge in [-0.05, 0) is 24.3 Å². The van der Waals surface area contributed by atoms with Crippen molar-refractivity contribution in [1.29, 1.82) is 0 Å². The summed E-state index contributed by atoms with van der Waals surface area (Å²) in [4.78, 5) is 6.61. The van der Waals surface area contributed by atoms with Gasteiger partial charge in [-0.15, -0.1) is 0 Å². The average molecular weight is 301 g/mol. The zero-order chi connectivity index (χ0) is 15.0. The number of rotatable bonds is 1. The van der Waals surface area contributed by atoms with Gasteiger partial charge in [0, 0.05) is 13.0 Å². The van der Waals surface area contributed by atoms with Crippen molar-refractivity contribution in [2.75, 3.05) is 11.9 Å². The molecule has 108 valence electrons. The van der Waals surface area contributed by atoms with Gasteiger partial charge in [0.1, 0.15) is 5.84 Å². The van der Waals surface area contributed by atoms with Crippen LogP contribution >= 0.6 is 11.6 Å². The lowest BCUT2D eigenvalue weighted by molar-refractivity contribution is 0.477. The van der Waals surface area contributed by atoms with Gasteiger partial charge in [-0.3, -0.25) is 9.89 Å². The first-order chi connectivity index (χ1) is 10.1. The zero-order valence-electron chi connectivity index (χ0n) is 12.3. The van der Waals surface area contributed by atoms with Crippen LogP contribution in [0.15, 0.2) is 47.5 Å². The van der Waals surface area contributed by atoms with E-state index in [0.29, 0.717) is 10.8 Å². The first kappa shape index (κ1) is 14.0. The molecule has 0 spiro atoms. The monoisotopic (exact) mass is 300 g/mol. The molecule has 21 heavy (non-hydrogen) atoms. The number of halogens is 1. The Balaban J connectivity index is 2.26. The smallest absolute Gasteiger partial charge is 0.170 e. The summed E-state index contributed by atoms with van der Waals surface area (Å²) in [7, 11) is 1.82. The summed E-state index contributed by atoms with van der Waals surface area (Å²) < 4.78 is 5.98. The number of anilines is 2. The number of aliphatic imine (C=N–C) groups is 1. The standard InChI is InChI=1S/C17H17ClN2O/c1-11(2)17(19-3)20-13-8-4-5-10-15(13)21-16-12(18)7-6-9-14(16)20/h4-11H,1-3H3. The molecule has 0 aliphatic carbocycles. The van der Waals surface area contributed by atoms with Crippen molar-refractivity contribution in [3.63, 3.8) is 0 Å². The van der Waals surface area contributed by atoms with Gasteiger partial charge in [0.25, 0.3) is 0 Å². The third-order valence-electron chi connectivity index (χ3n) is 3.48. The summed E-state index contributed by atoms with van der Waals surface area (Å²) in [6.45, 7) is 4.26. The van der Waals surface area contributed by atoms with Crippen molar-refractivity contribution in [2.45, 2.75) is 13.8 Å². The van der Waals surface area contributed by atoms with Crippen molar-refractivity contribution in [1.82, 2.24) is 0 Å². The Morgan fingerprint density at radius 3 is 2.52 bits per heavy atom. The van der Waals surface area contributed by atoms with Crippen molar-refractivity contribution in [3.05, 3.63) is 47.5 Å². The summed E-state index contributed by atoms with van der Waals surface area (Å²) in [6, 6.07) is 13.7. The Kier molecular flexibility index (Phi) is 3.60. The Morgan fingerprint density at radius 2 is 1.81 bits per heavy atom. The quantitative estimate of drug-likeness (QED) is 0.529. The van der Waals surface area contributed by atoms with E-state index in [4.69, 9.17) is 16.3 Å². The second kappa shape index (κ2) is 5.41. The van der Waals surface area contributed by atoms with Crippen LogP contribution in [-0.4, -0.2) is 12.9 Å². The lowest BCUT2D eigenvalue weighted by atomic mass is 10.1. The van der Waals surface area contributed by atoms with Crippen LogP contribution in [0.3, 0.4) is 0 Å². The molecule has 3 nitrogen and oxygen atoms in total. The molecule has 0 saturated heterocycles. The second-order valence-electron chi connectivity index (χ2n) is 5.23. The van der Waals surface area contributed by atoms with Gasteiger partial charge >= 0.3 is 0 Å². The number of benzene rings is 2. The highest BCUT2D eigenvalue weighted by Crippen LogP contribution is 2.49. The fourth-order valence-corrected chi connectivity index (χ4v) is 2.81. The minimum atomic E-state index is 0.285. The molecule has 2 aromatic rings. The largest absolute Gasteiger partial charge is 0.451 e. The van der Waals surface area contributed by atoms with E-state index in [1.165, 1.54) is 0 Å². The van der Waals surface area contributed by atoms with Crippen LogP contribution in [0.5, 0.6) is 11.5 Å². The number of para-hydroxylation sites is 3. The van der Waals surface area contributed by atoms with E-state index in [9.17, 15) is 0 Å². The number of ether oxygens (including phenoxy) is 1. The highest BCUT2D eigenvalue weighted by atomic mass is 35.5. The molecule has 0 N–H and O–H groups in total. The van der Waals surface area contributed by atoms with Crippen LogP contribution in [0.1, 0.15) is 13.8 Å². The van der Waals surface area contributed by atoms with Gasteiger partial charge in [-0.2, -0.15) is 0 Å². The Morgan fingerprint density at radius 1 is 1.10 bits per heavy atom. The fourth-order valence-electron chi connectivity index (χ4n) is 2.61. The molecule has 0 radical (unpaired) electrons. The highest BCUT2D eigenvalue weighted by molar-refractivity contribution is 6.33. The third-order valence-corrected chi connectivity index (χ3v) is 3.78. The van der Waals surface area contributed by atoms with Gasteiger partial charge < -0.3 is 4.74 Å². The second-order valence-corrected chi connectivity index (χ2v) is 5.64. The Bertz CT molecular complexity index is 710. The summed E-state index contributed by atoms with van der Waals surface area (Å²) in [6.07, 6.45) is 0. The molecule has 0 bridgehead atoms. The molecule has 0 saturated carbocycles. The number of nitrogens with zero attached hydrogens (tertiary/aromatic N) is 2. The van der Waals surface area contributed by atoms with Crippen molar-refractivity contribution in [3.8, 4) is 11.5 Å². The molecule has 0 aromatic heterocycles. The van der Waals surface area contributed by atoms with Gasteiger partial charge in [0.15, 0.2) is 11.5 Å². The normalized spacial score (nSPS) is 13.8. The van der Waals surface area contributed by atoms with Gasteiger partial charge in [0.05, 0.1) is 16.4 Å². The first-order valence-corrected chi connectivity index (χ1v) is 7.33. The predicted octanol–water partition coefficient (Wildman–Crippen LogP) is 5.27. The molecular formula is C17H17ClN2O. The number of fused-ring (bicyclic) bond motifs is 2. The molecule has 3 rings (SSSR count). The molecule has 1 aliphatic rings. The summed E-state index contributed by atoms with van der Waals surface area (Å²) in [5, 5.41) is 0.603. The van der Waals surface area contributed by atoms with E-state index >= 15 is 0 Å². The predicted molar refractivity (Wildman–Crippen MR) is 88.3 cm³/mol. The maximum atomic E-state index is 6.31. The zero-order valence-corrected chi connectivity index (χ0v) is 13.1. The van der Waals surface area contributed by atoms with E-state index in [0.717, 1.165) is 23.0 Å². The molecule has 2 aromatic carbocycles. The van der Waals surface area contributed by atoms with Crippen LogP contribution in [0.4, 0.5) is 11.4 Å². The van der Waals surface area contributed by atoms with E-state index in [2.05, 4.69) is 23.7 Å². The average Bonchev–Trinajstić information content (AvgIpc) is 2.48. The highest BCUT2D eigenvalue weighted by Gasteiger charge is 2.29. The van der Waals surface area contributed by atoms with E-state index < -0.39 is 0 Å². The number of hydrogen-bond acceptors (Lipinski definition) is 2. The molecule has 0 amide bonds. The van der Waals surface area contributed by atoms with E-state index in [-0.39, 0.29) is 5.92 Å². The van der Waals surface area contributed by atoms with E-state index in [1.807, 2.05) is 49.5 Å². The minimum Gasteiger partial charge on any atom is -0.451 e. The van der Waals surface area contributed by atoms with Crippen LogP contribution < -0.4 is 9.64 Å². The number of hydrogen-bond donors (Lipinski definition) is 0. The molecule has 1 heterocycles. The van der Waals surface area contributed by atoms with Gasteiger partial charge in [-0.25, -0.2) is 0 Å². The van der Waals surface area contributed by atoms with Crippen LogP contribution in [0.25, 0.3) is 0 Å². The van der Waals surface area contributed by atoms with Crippen molar-refractivity contribution >= 4 is 28.8 Å². The maximum absolute atomic E-state index is 6.31. The maximum Gasteiger partial charge on any atom is 0.170 e. The summed E-state index contributed by atoms with van der Waals surface area (Å²) in [5.74, 6) is 2.74. The van der Waals surface area contributed by atoms with Crippen molar-refractivity contribution < 1.29 is 4.74 Å². The molecule has 1 aliphatic heterocycles. The topological polar surface area (TPSA) is 24.8 Å². The molecule has 0 fully saturated rings. The minimum absolute atomic E-state index is 0.285. The Hall–Kier alpha value is -2.00. The lowest BCUT2D eigenvalue weighted by Gasteiger charge is -2.35. The molecule has 4 heteroatoms. The van der Waals surface area contributed by atoms with Crippen LogP contribution in [0, 0.1) is 5.92 Å². The van der Waals surface area contributed by atoms with E-state index in [1.54, 1.807) is 0 Å². The van der Waals surface area contributed by atoms with Gasteiger partial charge in [0.2, 0.25) is 0 Å². The summed E-state index contributed by atoms with van der Waals surface area (Å²) in [5.41, 5.74) is 1.91. The third kappa shape index (κ3) is 2.28. The first-order valence-electron chi connectivity index (χ1n) is 6.95. The van der Waals surface area contributed by atoms with Gasteiger partial charge in [-0.1, -0.05) is 43.6 Å². The SMILES string of the molecule is CN=C(C(C)C)N1c2ccccc2Oc2c(Cl)cccc21. The fraction of sp³-hybridized carbons (Fsp3) is 0.235. The molecule has 0 unspecified atom stereocenters. The Labute approximate surface area is 129 Å². The van der Waals surface area contributed by atoms with Crippen LogP contribution in [-0.2, 0) is 0 Å². The lowest BCUT2D eigenvalue weighted by Crippen LogP contribution is -2.32. The van der Waals surface area contributed by atoms with Crippen LogP contribution in [0.2, 0.25) is 5.02 Å². The summed E-state index contributed by atoms with van der Waals surface area (Å²) >= 11 is 6.31. The number of amidine groups is 1. The molecule has 0 atom stereocenters. The van der Waals surface area contributed by atoms with Crippen molar-refractivity contribution in [2.24, 2.45) is 10.9 Å². The molecular weight excluding hydrogens is 284 g/mol.